The maximum Gasteiger partial charge on any atom is 0.220 e. The number of aliphatic imine (C=N–C) groups is 1. The Hall–Kier alpha value is -3.23. The third kappa shape index (κ3) is 5.15. The number of phenolic OH excluding ortho intramolecular Hbond substituents is 1. The van der Waals surface area contributed by atoms with E-state index < -0.39 is 0 Å². The zero-order valence-electron chi connectivity index (χ0n) is 17.3. The van der Waals surface area contributed by atoms with Gasteiger partial charge in [-0.15, -0.1) is 11.3 Å². The van der Waals surface area contributed by atoms with Gasteiger partial charge >= 0.3 is 0 Å². The number of nitrogens with zero attached hydrogens (tertiary/aromatic N) is 2. The molecule has 4 rings (SSSR count). The van der Waals surface area contributed by atoms with Gasteiger partial charge in [0.15, 0.2) is 3.95 Å². The van der Waals surface area contributed by atoms with Crippen molar-refractivity contribution in [2.24, 2.45) is 4.99 Å². The molecule has 6 nitrogen and oxygen atoms in total. The number of rotatable bonds is 8. The number of nitrogens with one attached hydrogen (secondary N) is 1. The van der Waals surface area contributed by atoms with Gasteiger partial charge in [0.05, 0.1) is 10.6 Å². The fourth-order valence-electron chi connectivity index (χ4n) is 3.50. The normalized spacial score (nSPS) is 13.4. The summed E-state index contributed by atoms with van der Waals surface area (Å²) in [5.41, 5.74) is 3.93. The summed E-state index contributed by atoms with van der Waals surface area (Å²) in [5, 5.41) is 22.9. The first kappa shape index (κ1) is 22.0. The van der Waals surface area contributed by atoms with Crippen LogP contribution in [0.4, 0.5) is 5.69 Å². The Kier molecular flexibility index (Phi) is 6.82. The predicted octanol–water partition coefficient (Wildman–Crippen LogP) is 5.09. The van der Waals surface area contributed by atoms with Gasteiger partial charge in [-0.3, -0.25) is 14.4 Å². The molecule has 0 unspecified atom stereocenters. The summed E-state index contributed by atoms with van der Waals surface area (Å²) in [6.07, 6.45) is 5.32. The molecule has 0 aliphatic carbocycles. The second-order valence-corrected chi connectivity index (χ2v) is 9.13. The van der Waals surface area contributed by atoms with E-state index in [9.17, 15) is 15.0 Å². The van der Waals surface area contributed by atoms with E-state index in [-0.39, 0.29) is 17.5 Å². The summed E-state index contributed by atoms with van der Waals surface area (Å²) >= 11 is 6.78. The van der Waals surface area contributed by atoms with Gasteiger partial charge in [-0.2, -0.15) is 0 Å². The topological polar surface area (TPSA) is 86.9 Å². The average molecular weight is 466 g/mol. The Bertz CT molecular complexity index is 1240. The van der Waals surface area contributed by atoms with Crippen molar-refractivity contribution in [3.05, 3.63) is 68.5 Å². The molecule has 32 heavy (non-hydrogen) atoms. The van der Waals surface area contributed by atoms with E-state index in [1.54, 1.807) is 22.9 Å². The molecule has 0 radical (unpaired) electrons. The lowest BCUT2D eigenvalue weighted by Gasteiger charge is -2.07. The van der Waals surface area contributed by atoms with Gasteiger partial charge < -0.3 is 15.5 Å². The highest BCUT2D eigenvalue weighted by Gasteiger charge is 2.15. The number of para-hydroxylation sites is 1. The molecule has 2 aromatic carbocycles. The number of hydrogen-bond donors (Lipinski definition) is 3. The highest BCUT2D eigenvalue weighted by atomic mass is 32.1. The SMILES string of the molecule is O=C(CCCn1c(O)c(/C=C2\C=Nc3ccccc32)sc1=S)NCCc1ccc(O)cc1. The van der Waals surface area contributed by atoms with Crippen LogP contribution >= 0.6 is 23.6 Å². The van der Waals surface area contributed by atoms with Gasteiger partial charge in [0, 0.05) is 36.9 Å². The van der Waals surface area contributed by atoms with Gasteiger partial charge in [0.1, 0.15) is 5.75 Å². The fourth-order valence-corrected chi connectivity index (χ4v) is 4.81. The molecule has 0 saturated heterocycles. The Balaban J connectivity index is 1.30. The van der Waals surface area contributed by atoms with Gasteiger partial charge in [0.2, 0.25) is 11.8 Å². The summed E-state index contributed by atoms with van der Waals surface area (Å²) < 4.78 is 2.25. The molecule has 3 N–H and O–H groups in total. The number of benzene rings is 2. The number of thiazole rings is 1. The number of amides is 1. The molecule has 1 aromatic heterocycles. The highest BCUT2D eigenvalue weighted by molar-refractivity contribution is 7.73. The second kappa shape index (κ2) is 9.93. The van der Waals surface area contributed by atoms with E-state index in [1.807, 2.05) is 42.5 Å². The monoisotopic (exact) mass is 465 g/mol. The van der Waals surface area contributed by atoms with Gasteiger partial charge in [-0.1, -0.05) is 30.3 Å². The molecular formula is C24H23N3O3S2. The van der Waals surface area contributed by atoms with Crippen LogP contribution in [0.3, 0.4) is 0 Å². The highest BCUT2D eigenvalue weighted by Crippen LogP contribution is 2.35. The molecule has 0 bridgehead atoms. The third-order valence-electron chi connectivity index (χ3n) is 5.20. The second-order valence-electron chi connectivity index (χ2n) is 7.45. The first-order chi connectivity index (χ1) is 15.5. The van der Waals surface area contributed by atoms with Crippen LogP contribution in [0.5, 0.6) is 11.6 Å². The van der Waals surface area contributed by atoms with Crippen LogP contribution in [0.15, 0.2) is 53.5 Å². The number of phenols is 1. The van der Waals surface area contributed by atoms with E-state index in [2.05, 4.69) is 10.3 Å². The molecular weight excluding hydrogens is 442 g/mol. The molecule has 0 atom stereocenters. The largest absolute Gasteiger partial charge is 0.508 e. The van der Waals surface area contributed by atoms with Crippen molar-refractivity contribution < 1.29 is 15.0 Å². The van der Waals surface area contributed by atoms with Crippen molar-refractivity contribution in [3.8, 4) is 11.6 Å². The minimum Gasteiger partial charge on any atom is -0.508 e. The van der Waals surface area contributed by atoms with E-state index in [4.69, 9.17) is 12.2 Å². The van der Waals surface area contributed by atoms with Crippen molar-refractivity contribution in [1.82, 2.24) is 9.88 Å². The van der Waals surface area contributed by atoms with Crippen molar-refractivity contribution in [2.45, 2.75) is 25.8 Å². The Morgan fingerprint density at radius 3 is 2.75 bits per heavy atom. The molecule has 0 saturated carbocycles. The van der Waals surface area contributed by atoms with Crippen LogP contribution in [0.25, 0.3) is 11.6 Å². The summed E-state index contributed by atoms with van der Waals surface area (Å²) in [6, 6.07) is 14.8. The molecule has 0 fully saturated rings. The van der Waals surface area contributed by atoms with Crippen LogP contribution < -0.4 is 5.32 Å². The minimum absolute atomic E-state index is 0.0360. The van der Waals surface area contributed by atoms with Gasteiger partial charge in [-0.05, 0) is 54.9 Å². The fraction of sp³-hybridized carbons (Fsp3) is 0.208. The zero-order valence-corrected chi connectivity index (χ0v) is 19.0. The summed E-state index contributed by atoms with van der Waals surface area (Å²) in [4.78, 5) is 17.2. The average Bonchev–Trinajstić information content (AvgIpc) is 3.31. The molecule has 1 aliphatic rings. The van der Waals surface area contributed by atoms with E-state index in [0.29, 0.717) is 41.2 Å². The number of aromatic hydroxyl groups is 2. The Morgan fingerprint density at radius 1 is 1.16 bits per heavy atom. The molecule has 164 valence electrons. The number of carbonyl (C=O) groups is 1. The van der Waals surface area contributed by atoms with Crippen molar-refractivity contribution >= 4 is 53.0 Å². The lowest BCUT2D eigenvalue weighted by Crippen LogP contribution is -2.25. The lowest BCUT2D eigenvalue weighted by molar-refractivity contribution is -0.121. The maximum atomic E-state index is 12.1. The summed E-state index contributed by atoms with van der Waals surface area (Å²) in [6.45, 7) is 1.01. The smallest absolute Gasteiger partial charge is 0.220 e. The first-order valence-corrected chi connectivity index (χ1v) is 11.6. The number of fused-ring (bicyclic) bond motifs is 1. The van der Waals surface area contributed by atoms with E-state index in [1.165, 1.54) is 11.3 Å². The van der Waals surface area contributed by atoms with Gasteiger partial charge in [0.25, 0.3) is 0 Å². The predicted molar refractivity (Wildman–Crippen MR) is 131 cm³/mol. The molecule has 0 spiro atoms. The van der Waals surface area contributed by atoms with E-state index >= 15 is 0 Å². The molecule has 1 amide bonds. The lowest BCUT2D eigenvalue weighted by atomic mass is 10.1. The third-order valence-corrected chi connectivity index (χ3v) is 6.58. The van der Waals surface area contributed by atoms with Crippen molar-refractivity contribution in [1.29, 1.82) is 0 Å². The summed E-state index contributed by atoms with van der Waals surface area (Å²) in [7, 11) is 0. The van der Waals surface area contributed by atoms with Crippen molar-refractivity contribution in [3.63, 3.8) is 0 Å². The van der Waals surface area contributed by atoms with Crippen LogP contribution in [-0.2, 0) is 17.8 Å². The Morgan fingerprint density at radius 2 is 1.94 bits per heavy atom. The Labute approximate surface area is 195 Å². The van der Waals surface area contributed by atoms with Gasteiger partial charge in [-0.25, -0.2) is 0 Å². The number of hydrogen-bond acceptors (Lipinski definition) is 6. The summed E-state index contributed by atoms with van der Waals surface area (Å²) in [5.74, 6) is 0.317. The molecule has 2 heterocycles. The molecule has 1 aliphatic heterocycles. The van der Waals surface area contributed by atoms with E-state index in [0.717, 1.165) is 22.4 Å². The van der Waals surface area contributed by atoms with Crippen LogP contribution in [-0.4, -0.2) is 33.4 Å². The molecule has 3 aromatic rings. The zero-order chi connectivity index (χ0) is 22.5. The first-order valence-electron chi connectivity index (χ1n) is 10.3. The number of allylic oxidation sites excluding steroid dienone is 1. The quantitative estimate of drug-likeness (QED) is 0.405. The standard InChI is InChI=1S/C24H23N3O3S2/c28-18-9-7-16(8-10-18)11-12-25-22(29)6-3-13-27-23(30)21(32-24(27)31)14-17-15-26-20-5-2-1-4-19(17)20/h1-2,4-5,7-10,14-15,28,30H,3,6,11-13H2,(H,25,29)/b17-14+. The number of carbonyl (C=O) groups excluding carboxylic acids is 1. The van der Waals surface area contributed by atoms with Crippen LogP contribution in [0.1, 0.15) is 28.8 Å². The van der Waals surface area contributed by atoms with Crippen molar-refractivity contribution in [2.75, 3.05) is 6.54 Å². The van der Waals surface area contributed by atoms with Crippen LogP contribution in [0.2, 0.25) is 0 Å². The number of aromatic nitrogens is 1. The molecule has 8 heteroatoms. The maximum absolute atomic E-state index is 12.1. The minimum atomic E-state index is -0.0360. The van der Waals surface area contributed by atoms with Crippen LogP contribution in [0, 0.1) is 3.95 Å².